The summed E-state index contributed by atoms with van der Waals surface area (Å²) in [6.45, 7) is 1.68. The lowest BCUT2D eigenvalue weighted by molar-refractivity contribution is -0.158. The monoisotopic (exact) mass is 701 g/mol. The molecule has 0 saturated heterocycles. The number of rotatable bonds is 12. The first-order chi connectivity index (χ1) is 24.5. The zero-order valence-corrected chi connectivity index (χ0v) is 28.3. The van der Waals surface area contributed by atoms with Crippen molar-refractivity contribution in [1.29, 1.82) is 0 Å². The Balaban J connectivity index is 1.17. The number of ether oxygens (including phenoxy) is 4. The molecule has 5 aromatic rings. The van der Waals surface area contributed by atoms with E-state index < -0.39 is 34.7 Å². The van der Waals surface area contributed by atoms with E-state index in [0.29, 0.717) is 46.0 Å². The summed E-state index contributed by atoms with van der Waals surface area (Å²) in [6.07, 6.45) is 5.41. The van der Waals surface area contributed by atoms with Crippen molar-refractivity contribution in [2.24, 2.45) is 12.8 Å². The number of hydrogen-bond acceptors (Lipinski definition) is 9. The second-order valence-electron chi connectivity index (χ2n) is 12.3. The molecule has 2 heterocycles. The van der Waals surface area contributed by atoms with E-state index in [1.54, 1.807) is 32.2 Å². The molecule has 12 nitrogen and oxygen atoms in total. The number of halogens is 2. The van der Waals surface area contributed by atoms with Crippen LogP contribution in [0.5, 0.6) is 23.0 Å². The maximum absolute atomic E-state index is 15.4. The lowest BCUT2D eigenvalue weighted by atomic mass is 9.98. The lowest BCUT2D eigenvalue weighted by Crippen LogP contribution is -2.36. The van der Waals surface area contributed by atoms with E-state index in [2.05, 4.69) is 10.3 Å². The zero-order chi connectivity index (χ0) is 36.3. The van der Waals surface area contributed by atoms with E-state index in [9.17, 15) is 18.8 Å². The number of carbonyl (C=O) groups is 2. The molecule has 2 aromatic heterocycles. The number of esters is 1. The normalized spacial score (nSPS) is 13.6. The summed E-state index contributed by atoms with van der Waals surface area (Å²) in [4.78, 5) is 42.8. The number of nitrogens with one attached hydrogen (secondary N) is 1. The molecule has 3 aromatic carbocycles. The second-order valence-corrected chi connectivity index (χ2v) is 12.3. The van der Waals surface area contributed by atoms with Gasteiger partial charge in [0, 0.05) is 42.9 Å². The van der Waals surface area contributed by atoms with Gasteiger partial charge in [0.05, 0.1) is 37.2 Å². The van der Waals surface area contributed by atoms with E-state index >= 15 is 4.39 Å². The maximum atomic E-state index is 15.4. The Bertz CT molecular complexity index is 2160. The summed E-state index contributed by atoms with van der Waals surface area (Å²) in [5.74, 6) is -1.41. The van der Waals surface area contributed by atoms with E-state index in [1.807, 2.05) is 0 Å². The molecule has 0 radical (unpaired) electrons. The predicted octanol–water partition coefficient (Wildman–Crippen LogP) is 5.95. The molecule has 3 N–H and O–H groups in total. The fraction of sp³-hybridized carbons (Fsp3) is 0.297. The summed E-state index contributed by atoms with van der Waals surface area (Å²) in [5.41, 5.74) is 5.46. The standard InChI is InChI=1S/C37H37F2N5O7/c1-22-34(36(47)44(43(22)2)25-9-6-23(38)7-10-25)35(46)42-24-8-11-30(27(39)18-24)50-29-12-16-41-28-20-32(31(48-3)19-26(28)29)49-17-15-37(13-4-5-14-37)51-33(45)21-40/h6-12,16,18-20H,4-5,13-15,17,21,40H2,1-3H3,(H,42,46). The Hall–Kier alpha value is -5.76. The molecule has 266 valence electrons. The molecule has 1 amide bonds. The molecule has 0 atom stereocenters. The van der Waals surface area contributed by atoms with Gasteiger partial charge in [-0.15, -0.1) is 0 Å². The van der Waals surface area contributed by atoms with Crippen LogP contribution >= 0.6 is 0 Å². The lowest BCUT2D eigenvalue weighted by Gasteiger charge is -2.29. The smallest absolute Gasteiger partial charge is 0.320 e. The SMILES string of the molecule is COc1cc2c(Oc3ccc(NC(=O)c4c(C)n(C)n(-c5ccc(F)cc5)c4=O)cc3F)ccnc2cc1OCCC1(OC(=O)CN)CCCC1. The average molecular weight is 702 g/mol. The summed E-state index contributed by atoms with van der Waals surface area (Å²) >= 11 is 0. The number of hydrogen-bond donors (Lipinski definition) is 2. The van der Waals surface area contributed by atoms with Crippen molar-refractivity contribution in [2.75, 3.05) is 25.6 Å². The van der Waals surface area contributed by atoms with Crippen molar-refractivity contribution in [2.45, 2.75) is 44.6 Å². The van der Waals surface area contributed by atoms with Crippen molar-refractivity contribution in [3.8, 4) is 28.7 Å². The predicted molar refractivity (Wildman–Crippen MR) is 185 cm³/mol. The summed E-state index contributed by atoms with van der Waals surface area (Å²) in [5, 5.41) is 3.11. The molecule has 0 unspecified atom stereocenters. The van der Waals surface area contributed by atoms with E-state index in [0.717, 1.165) is 31.7 Å². The van der Waals surface area contributed by atoms with Gasteiger partial charge < -0.3 is 30.0 Å². The molecule has 0 spiro atoms. The third-order valence-electron chi connectivity index (χ3n) is 9.08. The number of methoxy groups -OCH3 is 1. The fourth-order valence-electron chi connectivity index (χ4n) is 6.36. The molecule has 1 aliphatic carbocycles. The van der Waals surface area contributed by atoms with E-state index in [4.69, 9.17) is 24.7 Å². The molecular weight excluding hydrogens is 664 g/mol. The van der Waals surface area contributed by atoms with Gasteiger partial charge in [-0.2, -0.15) is 0 Å². The van der Waals surface area contributed by atoms with Crippen LogP contribution in [0.4, 0.5) is 14.5 Å². The summed E-state index contributed by atoms with van der Waals surface area (Å²) in [7, 11) is 3.10. The number of carbonyl (C=O) groups excluding carboxylic acids is 2. The second kappa shape index (κ2) is 14.6. The molecule has 1 aliphatic rings. The Morgan fingerprint density at radius 3 is 2.41 bits per heavy atom. The van der Waals surface area contributed by atoms with Gasteiger partial charge >= 0.3 is 5.97 Å². The minimum Gasteiger partial charge on any atom is -0.493 e. The molecule has 6 rings (SSSR count). The molecule has 14 heteroatoms. The maximum Gasteiger partial charge on any atom is 0.320 e. The summed E-state index contributed by atoms with van der Waals surface area (Å²) in [6, 6.07) is 14.1. The van der Waals surface area contributed by atoms with Gasteiger partial charge in [0.1, 0.15) is 22.7 Å². The average Bonchev–Trinajstić information content (AvgIpc) is 3.66. The van der Waals surface area contributed by atoms with Crippen LogP contribution in [0.2, 0.25) is 0 Å². The van der Waals surface area contributed by atoms with E-state index in [-0.39, 0.29) is 30.2 Å². The molecule has 0 bridgehead atoms. The van der Waals surface area contributed by atoms with Gasteiger partial charge in [-0.1, -0.05) is 0 Å². The van der Waals surface area contributed by atoms with Crippen molar-refractivity contribution in [1.82, 2.24) is 14.3 Å². The highest BCUT2D eigenvalue weighted by molar-refractivity contribution is 6.05. The van der Waals surface area contributed by atoms with E-state index in [1.165, 1.54) is 59.1 Å². The third-order valence-corrected chi connectivity index (χ3v) is 9.08. The number of amides is 1. The van der Waals surface area contributed by atoms with Crippen LogP contribution in [-0.2, 0) is 16.6 Å². The zero-order valence-electron chi connectivity index (χ0n) is 28.3. The largest absolute Gasteiger partial charge is 0.493 e. The van der Waals surface area contributed by atoms with Gasteiger partial charge in [0.2, 0.25) is 0 Å². The Kier molecular flexibility index (Phi) is 10.1. The minimum atomic E-state index is -0.769. The van der Waals surface area contributed by atoms with Crippen LogP contribution in [-0.4, -0.2) is 52.1 Å². The number of aromatic nitrogens is 3. The Labute approximate surface area is 291 Å². The van der Waals surface area contributed by atoms with Crippen molar-refractivity contribution in [3.05, 3.63) is 100 Å². The number of pyridine rings is 1. The number of fused-ring (bicyclic) bond motifs is 1. The Morgan fingerprint density at radius 1 is 0.980 bits per heavy atom. The first-order valence-corrected chi connectivity index (χ1v) is 16.4. The molecule has 0 aliphatic heterocycles. The van der Waals surface area contributed by atoms with Crippen LogP contribution in [0.1, 0.15) is 48.2 Å². The highest BCUT2D eigenvalue weighted by atomic mass is 19.1. The Morgan fingerprint density at radius 2 is 1.73 bits per heavy atom. The number of nitrogens with two attached hydrogens (primary N) is 1. The van der Waals surface area contributed by atoms with Crippen LogP contribution in [0.15, 0.2) is 71.7 Å². The third kappa shape index (κ3) is 7.26. The summed E-state index contributed by atoms with van der Waals surface area (Å²) < 4.78 is 54.9. The fourth-order valence-corrected chi connectivity index (χ4v) is 6.36. The van der Waals surface area contributed by atoms with Gasteiger partial charge in [0.15, 0.2) is 23.1 Å². The van der Waals surface area contributed by atoms with Crippen LogP contribution in [0.25, 0.3) is 16.6 Å². The van der Waals surface area contributed by atoms with Crippen LogP contribution in [0, 0.1) is 18.6 Å². The van der Waals surface area contributed by atoms with Crippen molar-refractivity contribution < 1.29 is 37.3 Å². The van der Waals surface area contributed by atoms with Crippen molar-refractivity contribution >= 4 is 28.5 Å². The highest BCUT2D eigenvalue weighted by Gasteiger charge is 2.37. The van der Waals surface area contributed by atoms with Gasteiger partial charge in [-0.3, -0.25) is 24.0 Å². The van der Waals surface area contributed by atoms with Gasteiger partial charge in [0.25, 0.3) is 11.5 Å². The van der Waals surface area contributed by atoms with Gasteiger partial charge in [-0.05, 0) is 81.1 Å². The molecule has 51 heavy (non-hydrogen) atoms. The van der Waals surface area contributed by atoms with Crippen LogP contribution in [0.3, 0.4) is 0 Å². The molecule has 1 saturated carbocycles. The quantitative estimate of drug-likeness (QED) is 0.151. The first kappa shape index (κ1) is 35.1. The number of anilines is 1. The highest BCUT2D eigenvalue weighted by Crippen LogP contribution is 2.40. The minimum absolute atomic E-state index is 0.0982. The number of nitrogens with zero attached hydrogens (tertiary/aromatic N) is 3. The first-order valence-electron chi connectivity index (χ1n) is 16.4. The van der Waals surface area contributed by atoms with Gasteiger partial charge in [-0.25, -0.2) is 13.5 Å². The van der Waals surface area contributed by atoms with Crippen LogP contribution < -0.4 is 30.8 Å². The molecular formula is C37H37F2N5O7. The molecule has 1 fully saturated rings. The van der Waals surface area contributed by atoms with Crippen molar-refractivity contribution in [3.63, 3.8) is 0 Å². The number of benzene rings is 3. The topological polar surface area (TPSA) is 149 Å².